The Morgan fingerprint density at radius 2 is 2.19 bits per heavy atom. The van der Waals surface area contributed by atoms with Gasteiger partial charge in [-0.05, 0) is 25.0 Å². The molecule has 1 saturated heterocycles. The minimum absolute atomic E-state index is 0.114. The van der Waals surface area contributed by atoms with Gasteiger partial charge in [-0.25, -0.2) is 0 Å². The number of anilines is 1. The van der Waals surface area contributed by atoms with Crippen molar-refractivity contribution in [1.29, 1.82) is 0 Å². The fourth-order valence-corrected chi connectivity index (χ4v) is 4.23. The zero-order valence-corrected chi connectivity index (χ0v) is 13.3. The van der Waals surface area contributed by atoms with Gasteiger partial charge in [-0.1, -0.05) is 12.5 Å². The van der Waals surface area contributed by atoms with Crippen LogP contribution in [0.5, 0.6) is 5.75 Å². The highest BCUT2D eigenvalue weighted by Gasteiger charge is 2.34. The fourth-order valence-electron chi connectivity index (χ4n) is 2.61. The summed E-state index contributed by atoms with van der Waals surface area (Å²) in [5.74, 6) is 0.628. The van der Waals surface area contributed by atoms with Gasteiger partial charge in [-0.2, -0.15) is 12.7 Å². The number of benzene rings is 1. The third-order valence-electron chi connectivity index (χ3n) is 3.90. The predicted molar refractivity (Wildman–Crippen MR) is 83.7 cm³/mol. The number of ether oxygens (including phenoxy) is 1. The van der Waals surface area contributed by atoms with E-state index in [9.17, 15) is 8.42 Å². The first-order valence-electron chi connectivity index (χ1n) is 7.10. The molecule has 7 heteroatoms. The minimum Gasteiger partial charge on any atom is -0.497 e. The van der Waals surface area contributed by atoms with E-state index in [2.05, 4.69) is 0 Å². The average Bonchev–Trinajstić information content (AvgIpc) is 2.54. The minimum atomic E-state index is -3.57. The van der Waals surface area contributed by atoms with E-state index in [1.165, 1.54) is 8.61 Å². The molecular formula is C14H23N3O3S. The maximum Gasteiger partial charge on any atom is 0.304 e. The highest BCUT2D eigenvalue weighted by Crippen LogP contribution is 2.27. The van der Waals surface area contributed by atoms with Gasteiger partial charge in [0, 0.05) is 32.2 Å². The lowest BCUT2D eigenvalue weighted by Crippen LogP contribution is -2.52. The van der Waals surface area contributed by atoms with Gasteiger partial charge in [0.1, 0.15) is 5.75 Å². The molecule has 6 nitrogen and oxygen atoms in total. The number of rotatable bonds is 5. The summed E-state index contributed by atoms with van der Waals surface area (Å²) < 4.78 is 33.6. The van der Waals surface area contributed by atoms with E-state index in [4.69, 9.17) is 10.5 Å². The van der Waals surface area contributed by atoms with Crippen LogP contribution in [0.15, 0.2) is 24.3 Å². The summed E-state index contributed by atoms with van der Waals surface area (Å²) in [4.78, 5) is 0. The Bertz CT molecular complexity index is 577. The van der Waals surface area contributed by atoms with Crippen molar-refractivity contribution >= 4 is 15.9 Å². The molecule has 1 aliphatic heterocycles. The molecule has 2 rings (SSSR count). The number of piperidine rings is 1. The van der Waals surface area contributed by atoms with Crippen molar-refractivity contribution in [2.75, 3.05) is 31.6 Å². The van der Waals surface area contributed by atoms with E-state index < -0.39 is 10.2 Å². The van der Waals surface area contributed by atoms with Crippen molar-refractivity contribution in [3.63, 3.8) is 0 Å². The molecular weight excluding hydrogens is 290 g/mol. The fraction of sp³-hybridized carbons (Fsp3) is 0.571. The highest BCUT2D eigenvalue weighted by atomic mass is 32.2. The molecule has 1 aliphatic rings. The van der Waals surface area contributed by atoms with Crippen molar-refractivity contribution in [2.45, 2.75) is 25.3 Å². The van der Waals surface area contributed by atoms with Crippen LogP contribution in [0.1, 0.15) is 19.3 Å². The summed E-state index contributed by atoms with van der Waals surface area (Å²) in [5, 5.41) is 0. The zero-order chi connectivity index (χ0) is 15.5. The summed E-state index contributed by atoms with van der Waals surface area (Å²) in [7, 11) is -0.450. The lowest BCUT2D eigenvalue weighted by molar-refractivity contribution is 0.257. The van der Waals surface area contributed by atoms with Crippen LogP contribution >= 0.6 is 0 Å². The first-order chi connectivity index (χ1) is 10.0. The van der Waals surface area contributed by atoms with Crippen LogP contribution in [0.3, 0.4) is 0 Å². The van der Waals surface area contributed by atoms with E-state index in [1.54, 1.807) is 38.4 Å². The number of methoxy groups -OCH3 is 1. The maximum absolute atomic E-state index is 12.8. The van der Waals surface area contributed by atoms with Gasteiger partial charge in [0.25, 0.3) is 0 Å². The molecule has 0 saturated carbocycles. The Labute approximate surface area is 126 Å². The van der Waals surface area contributed by atoms with E-state index in [0.29, 0.717) is 24.5 Å². The molecule has 0 aromatic heterocycles. The average molecular weight is 313 g/mol. The molecule has 0 aliphatic carbocycles. The van der Waals surface area contributed by atoms with Crippen LogP contribution in [0.4, 0.5) is 5.69 Å². The van der Waals surface area contributed by atoms with Gasteiger partial charge in [-0.15, -0.1) is 0 Å². The van der Waals surface area contributed by atoms with Crippen molar-refractivity contribution < 1.29 is 13.2 Å². The monoisotopic (exact) mass is 313 g/mol. The second-order valence-corrected chi connectivity index (χ2v) is 7.09. The Kier molecular flexibility index (Phi) is 5.08. The molecule has 1 fully saturated rings. The van der Waals surface area contributed by atoms with Crippen molar-refractivity contribution in [3.05, 3.63) is 24.3 Å². The first-order valence-corrected chi connectivity index (χ1v) is 8.50. The molecule has 21 heavy (non-hydrogen) atoms. The van der Waals surface area contributed by atoms with Crippen LogP contribution in [0.25, 0.3) is 0 Å². The van der Waals surface area contributed by atoms with Crippen molar-refractivity contribution in [3.8, 4) is 5.75 Å². The Balaban J connectivity index is 2.28. The third kappa shape index (κ3) is 3.30. The van der Waals surface area contributed by atoms with Gasteiger partial charge >= 0.3 is 10.2 Å². The Morgan fingerprint density at radius 3 is 2.86 bits per heavy atom. The van der Waals surface area contributed by atoms with Gasteiger partial charge in [0.05, 0.1) is 12.8 Å². The number of nitrogens with zero attached hydrogens (tertiary/aromatic N) is 2. The van der Waals surface area contributed by atoms with Gasteiger partial charge in [0.2, 0.25) is 0 Å². The number of hydrogen-bond acceptors (Lipinski definition) is 4. The molecule has 1 aromatic carbocycles. The van der Waals surface area contributed by atoms with Crippen molar-refractivity contribution in [1.82, 2.24) is 4.31 Å². The van der Waals surface area contributed by atoms with Gasteiger partial charge in [-0.3, -0.25) is 4.31 Å². The third-order valence-corrected chi connectivity index (χ3v) is 5.88. The lowest BCUT2D eigenvalue weighted by atomic mass is 10.1. The molecule has 1 unspecified atom stereocenters. The zero-order valence-electron chi connectivity index (χ0n) is 12.5. The Hall–Kier alpha value is -1.31. The highest BCUT2D eigenvalue weighted by molar-refractivity contribution is 7.90. The van der Waals surface area contributed by atoms with E-state index in [0.717, 1.165) is 19.3 Å². The van der Waals surface area contributed by atoms with Crippen LogP contribution in [0, 0.1) is 0 Å². The number of nitrogens with two attached hydrogens (primary N) is 1. The standard InChI is InChI=1S/C14H23N3O3S/c1-16(12-7-5-8-14(10-12)20-2)21(18,19)17-9-4-3-6-13(17)11-15/h5,7-8,10,13H,3-4,6,9,11,15H2,1-2H3. The summed E-state index contributed by atoms with van der Waals surface area (Å²) in [6.07, 6.45) is 2.72. The van der Waals surface area contributed by atoms with Crippen molar-refractivity contribution in [2.24, 2.45) is 5.73 Å². The molecule has 118 valence electrons. The first kappa shape index (κ1) is 16.1. The van der Waals surface area contributed by atoms with Gasteiger partial charge < -0.3 is 10.5 Å². The molecule has 0 amide bonds. The SMILES string of the molecule is COc1cccc(N(C)S(=O)(=O)N2CCCCC2CN)c1. The summed E-state index contributed by atoms with van der Waals surface area (Å²) in [5.41, 5.74) is 6.31. The van der Waals surface area contributed by atoms with E-state index in [-0.39, 0.29) is 6.04 Å². The second kappa shape index (κ2) is 6.64. The molecule has 1 aromatic rings. The van der Waals surface area contributed by atoms with Crippen LogP contribution in [-0.4, -0.2) is 46.0 Å². The van der Waals surface area contributed by atoms with Crippen LogP contribution < -0.4 is 14.8 Å². The molecule has 1 heterocycles. The Morgan fingerprint density at radius 1 is 1.43 bits per heavy atom. The van der Waals surface area contributed by atoms with Gasteiger partial charge in [0.15, 0.2) is 0 Å². The smallest absolute Gasteiger partial charge is 0.304 e. The topological polar surface area (TPSA) is 75.9 Å². The number of hydrogen-bond donors (Lipinski definition) is 1. The summed E-state index contributed by atoms with van der Waals surface area (Å²) >= 11 is 0. The molecule has 0 bridgehead atoms. The predicted octanol–water partition coefficient (Wildman–Crippen LogP) is 1.19. The largest absolute Gasteiger partial charge is 0.497 e. The quantitative estimate of drug-likeness (QED) is 0.886. The molecule has 2 N–H and O–H groups in total. The lowest BCUT2D eigenvalue weighted by Gasteiger charge is -2.36. The van der Waals surface area contributed by atoms with Crippen LogP contribution in [-0.2, 0) is 10.2 Å². The van der Waals surface area contributed by atoms with Crippen LogP contribution in [0.2, 0.25) is 0 Å². The normalized spacial score (nSPS) is 20.2. The summed E-state index contributed by atoms with van der Waals surface area (Å²) in [6, 6.07) is 6.90. The van der Waals surface area contributed by atoms with E-state index >= 15 is 0 Å². The molecule has 0 spiro atoms. The maximum atomic E-state index is 12.8. The molecule has 0 radical (unpaired) electrons. The summed E-state index contributed by atoms with van der Waals surface area (Å²) in [6.45, 7) is 0.879. The molecule has 1 atom stereocenters. The van der Waals surface area contributed by atoms with E-state index in [1.807, 2.05) is 0 Å². The second-order valence-electron chi connectivity index (χ2n) is 5.17.